The largest absolute Gasteiger partial charge is 0.384 e. The molecule has 6 nitrogen and oxygen atoms in total. The van der Waals surface area contributed by atoms with E-state index in [2.05, 4.69) is 20.0 Å². The molecule has 2 heterocycles. The Morgan fingerprint density at radius 3 is 2.50 bits per heavy atom. The van der Waals surface area contributed by atoms with Gasteiger partial charge in [0.05, 0.1) is 11.4 Å². The number of hydrogen-bond donors (Lipinski definition) is 2. The van der Waals surface area contributed by atoms with Gasteiger partial charge in [0.25, 0.3) is 10.0 Å². The summed E-state index contributed by atoms with van der Waals surface area (Å²) >= 11 is 0. The van der Waals surface area contributed by atoms with Crippen LogP contribution >= 0.6 is 0 Å². The third-order valence-corrected chi connectivity index (χ3v) is 3.98. The standard InChI is InChI=1S/C13H16N4O2S/c1-2-6-16-12-5-9-15-10-13(12)20(18,19)17-11-3-7-14-8-4-11/h3-5,7-10H,2,6H2,1H3,(H,14,17)(H,15,16). The highest BCUT2D eigenvalue weighted by Gasteiger charge is 2.18. The quantitative estimate of drug-likeness (QED) is 0.851. The van der Waals surface area contributed by atoms with Crippen LogP contribution in [0.4, 0.5) is 11.4 Å². The highest BCUT2D eigenvalue weighted by Crippen LogP contribution is 2.22. The molecule has 0 atom stereocenters. The van der Waals surface area contributed by atoms with Gasteiger partial charge >= 0.3 is 0 Å². The van der Waals surface area contributed by atoms with E-state index < -0.39 is 10.0 Å². The zero-order chi connectivity index (χ0) is 14.4. The van der Waals surface area contributed by atoms with E-state index in [4.69, 9.17) is 0 Å². The number of hydrogen-bond acceptors (Lipinski definition) is 5. The van der Waals surface area contributed by atoms with Crippen LogP contribution in [0.2, 0.25) is 0 Å². The van der Waals surface area contributed by atoms with Gasteiger partial charge in [-0.25, -0.2) is 8.42 Å². The normalized spacial score (nSPS) is 11.1. The molecule has 0 fully saturated rings. The Labute approximate surface area is 118 Å². The van der Waals surface area contributed by atoms with E-state index in [1.807, 2.05) is 6.92 Å². The Balaban J connectivity index is 2.30. The number of nitrogens with one attached hydrogen (secondary N) is 2. The smallest absolute Gasteiger partial charge is 0.265 e. The molecular weight excluding hydrogens is 276 g/mol. The van der Waals surface area contributed by atoms with Gasteiger partial charge in [-0.15, -0.1) is 0 Å². The summed E-state index contributed by atoms with van der Waals surface area (Å²) in [4.78, 5) is 7.87. The van der Waals surface area contributed by atoms with Crippen molar-refractivity contribution in [2.45, 2.75) is 18.2 Å². The first kappa shape index (κ1) is 14.3. The minimum absolute atomic E-state index is 0.130. The van der Waals surface area contributed by atoms with Gasteiger partial charge in [-0.1, -0.05) is 6.92 Å². The van der Waals surface area contributed by atoms with E-state index in [9.17, 15) is 8.42 Å². The summed E-state index contributed by atoms with van der Waals surface area (Å²) in [6.45, 7) is 2.71. The molecule has 0 bridgehead atoms. The van der Waals surface area contributed by atoms with Crippen molar-refractivity contribution in [3.05, 3.63) is 43.0 Å². The van der Waals surface area contributed by atoms with Crippen molar-refractivity contribution < 1.29 is 8.42 Å². The highest BCUT2D eigenvalue weighted by molar-refractivity contribution is 7.92. The van der Waals surface area contributed by atoms with Crippen LogP contribution in [-0.2, 0) is 10.0 Å². The summed E-state index contributed by atoms with van der Waals surface area (Å²) < 4.78 is 27.3. The first-order valence-electron chi connectivity index (χ1n) is 6.24. The highest BCUT2D eigenvalue weighted by atomic mass is 32.2. The number of sulfonamides is 1. The topological polar surface area (TPSA) is 84.0 Å². The van der Waals surface area contributed by atoms with Crippen LogP contribution in [0.25, 0.3) is 0 Å². The number of pyridine rings is 2. The van der Waals surface area contributed by atoms with E-state index in [1.54, 1.807) is 24.4 Å². The monoisotopic (exact) mass is 292 g/mol. The fraction of sp³-hybridized carbons (Fsp3) is 0.231. The predicted octanol–water partition coefficient (Wildman–Crippen LogP) is 2.10. The van der Waals surface area contributed by atoms with E-state index in [0.29, 0.717) is 17.9 Å². The van der Waals surface area contributed by atoms with Crippen LogP contribution in [0, 0.1) is 0 Å². The number of rotatable bonds is 6. The molecule has 2 aromatic rings. The summed E-state index contributed by atoms with van der Waals surface area (Å²) in [5.41, 5.74) is 1.01. The second kappa shape index (κ2) is 6.33. The lowest BCUT2D eigenvalue weighted by molar-refractivity contribution is 0.601. The van der Waals surface area contributed by atoms with Crippen LogP contribution in [0.5, 0.6) is 0 Å². The molecule has 0 aliphatic rings. The molecule has 7 heteroatoms. The SMILES string of the molecule is CCCNc1ccncc1S(=O)(=O)Nc1ccncc1. The van der Waals surface area contributed by atoms with Gasteiger partial charge in [0, 0.05) is 31.3 Å². The van der Waals surface area contributed by atoms with Crippen LogP contribution in [-0.4, -0.2) is 24.9 Å². The van der Waals surface area contributed by atoms with Crippen molar-refractivity contribution in [3.63, 3.8) is 0 Å². The van der Waals surface area contributed by atoms with Gasteiger partial charge in [0.15, 0.2) is 0 Å². The molecule has 0 unspecified atom stereocenters. The fourth-order valence-electron chi connectivity index (χ4n) is 1.63. The van der Waals surface area contributed by atoms with E-state index in [1.165, 1.54) is 18.6 Å². The van der Waals surface area contributed by atoms with Crippen molar-refractivity contribution in [2.24, 2.45) is 0 Å². The number of anilines is 2. The van der Waals surface area contributed by atoms with Crippen LogP contribution in [0.15, 0.2) is 47.9 Å². The third kappa shape index (κ3) is 3.45. The molecule has 2 N–H and O–H groups in total. The third-order valence-electron chi connectivity index (χ3n) is 2.57. The molecule has 0 radical (unpaired) electrons. The molecule has 106 valence electrons. The van der Waals surface area contributed by atoms with Crippen molar-refractivity contribution in [1.29, 1.82) is 0 Å². The molecule has 2 rings (SSSR count). The molecule has 0 saturated carbocycles. The molecule has 0 saturated heterocycles. The molecule has 20 heavy (non-hydrogen) atoms. The molecule has 0 aromatic carbocycles. The Kier molecular flexibility index (Phi) is 4.52. The lowest BCUT2D eigenvalue weighted by atomic mass is 10.4. The van der Waals surface area contributed by atoms with Crippen LogP contribution in [0.3, 0.4) is 0 Å². The molecule has 0 aliphatic carbocycles. The van der Waals surface area contributed by atoms with E-state index >= 15 is 0 Å². The summed E-state index contributed by atoms with van der Waals surface area (Å²) in [5, 5.41) is 3.08. The van der Waals surface area contributed by atoms with Crippen LogP contribution < -0.4 is 10.0 Å². The Morgan fingerprint density at radius 2 is 1.80 bits per heavy atom. The zero-order valence-corrected chi connectivity index (χ0v) is 11.9. The maximum absolute atomic E-state index is 12.4. The first-order valence-corrected chi connectivity index (χ1v) is 7.72. The van der Waals surface area contributed by atoms with E-state index in [0.717, 1.165) is 6.42 Å². The van der Waals surface area contributed by atoms with Crippen molar-refractivity contribution in [3.8, 4) is 0 Å². The maximum Gasteiger partial charge on any atom is 0.265 e. The second-order valence-electron chi connectivity index (χ2n) is 4.14. The van der Waals surface area contributed by atoms with E-state index in [-0.39, 0.29) is 4.90 Å². The van der Waals surface area contributed by atoms with Gasteiger partial charge in [-0.05, 0) is 24.6 Å². The van der Waals surface area contributed by atoms with Gasteiger partial charge < -0.3 is 5.32 Å². The minimum atomic E-state index is -3.68. The maximum atomic E-state index is 12.4. The summed E-state index contributed by atoms with van der Waals surface area (Å²) in [6.07, 6.45) is 6.85. The molecule has 0 spiro atoms. The average molecular weight is 292 g/mol. The van der Waals surface area contributed by atoms with Gasteiger partial charge in [0.1, 0.15) is 4.90 Å². The Hall–Kier alpha value is -2.15. The fourth-order valence-corrected chi connectivity index (χ4v) is 2.82. The summed E-state index contributed by atoms with van der Waals surface area (Å²) in [6, 6.07) is 4.83. The summed E-state index contributed by atoms with van der Waals surface area (Å²) in [7, 11) is -3.68. The van der Waals surface area contributed by atoms with Gasteiger partial charge in [-0.3, -0.25) is 14.7 Å². The van der Waals surface area contributed by atoms with Gasteiger partial charge in [-0.2, -0.15) is 0 Å². The molecule has 0 aliphatic heterocycles. The van der Waals surface area contributed by atoms with Crippen molar-refractivity contribution in [1.82, 2.24) is 9.97 Å². The first-order chi connectivity index (χ1) is 9.63. The molecular formula is C13H16N4O2S. The Morgan fingerprint density at radius 1 is 1.10 bits per heavy atom. The lowest BCUT2D eigenvalue weighted by Gasteiger charge is -2.12. The lowest BCUT2D eigenvalue weighted by Crippen LogP contribution is -2.16. The minimum Gasteiger partial charge on any atom is -0.384 e. The number of nitrogens with zero attached hydrogens (tertiary/aromatic N) is 2. The average Bonchev–Trinajstić information content (AvgIpc) is 2.46. The van der Waals surface area contributed by atoms with Crippen molar-refractivity contribution >= 4 is 21.4 Å². The predicted molar refractivity (Wildman–Crippen MR) is 78.1 cm³/mol. The Bertz CT molecular complexity index is 659. The van der Waals surface area contributed by atoms with Gasteiger partial charge in [0.2, 0.25) is 0 Å². The molecule has 2 aromatic heterocycles. The molecule has 0 amide bonds. The number of aromatic nitrogens is 2. The summed E-state index contributed by atoms with van der Waals surface area (Å²) in [5.74, 6) is 0. The zero-order valence-electron chi connectivity index (χ0n) is 11.1. The van der Waals surface area contributed by atoms with Crippen LogP contribution in [0.1, 0.15) is 13.3 Å². The van der Waals surface area contributed by atoms with Crippen molar-refractivity contribution in [2.75, 3.05) is 16.6 Å². The second-order valence-corrected chi connectivity index (χ2v) is 5.79.